The summed E-state index contributed by atoms with van der Waals surface area (Å²) < 4.78 is 6.61. The van der Waals surface area contributed by atoms with Crippen LogP contribution >= 0.6 is 15.9 Å². The van der Waals surface area contributed by atoms with Crippen LogP contribution < -0.4 is 10.2 Å². The van der Waals surface area contributed by atoms with Gasteiger partial charge in [-0.1, -0.05) is 22.9 Å². The molecule has 1 aliphatic heterocycles. The Kier molecular flexibility index (Phi) is 5.87. The molecule has 112 valence electrons. The first-order valence-corrected chi connectivity index (χ1v) is 8.25. The molecule has 3 nitrogen and oxygen atoms in total. The van der Waals surface area contributed by atoms with Crippen LogP contribution in [0.3, 0.4) is 0 Å². The zero-order valence-corrected chi connectivity index (χ0v) is 14.2. The van der Waals surface area contributed by atoms with Gasteiger partial charge in [0.25, 0.3) is 0 Å². The second-order valence-corrected chi connectivity index (χ2v) is 6.32. The zero-order chi connectivity index (χ0) is 14.5. The van der Waals surface area contributed by atoms with Crippen LogP contribution in [0.4, 0.5) is 5.69 Å². The normalized spacial score (nSPS) is 18.3. The molecule has 1 aromatic rings. The van der Waals surface area contributed by atoms with E-state index in [2.05, 4.69) is 58.2 Å². The van der Waals surface area contributed by atoms with E-state index < -0.39 is 0 Å². The van der Waals surface area contributed by atoms with E-state index in [1.807, 2.05) is 7.11 Å². The van der Waals surface area contributed by atoms with Crippen molar-refractivity contribution < 1.29 is 4.74 Å². The van der Waals surface area contributed by atoms with Gasteiger partial charge >= 0.3 is 0 Å². The van der Waals surface area contributed by atoms with Crippen molar-refractivity contribution in [1.82, 2.24) is 5.32 Å². The molecule has 1 saturated heterocycles. The number of halogens is 1. The Balaban J connectivity index is 2.18. The van der Waals surface area contributed by atoms with E-state index in [0.29, 0.717) is 12.1 Å². The van der Waals surface area contributed by atoms with Crippen molar-refractivity contribution in [2.45, 2.75) is 38.8 Å². The van der Waals surface area contributed by atoms with E-state index in [1.54, 1.807) is 0 Å². The highest BCUT2D eigenvalue weighted by molar-refractivity contribution is 9.10. The summed E-state index contributed by atoms with van der Waals surface area (Å²) in [6.07, 6.45) is 2.65. The molecule has 0 saturated carbocycles. The predicted octanol–water partition coefficient (Wildman–Crippen LogP) is 3.73. The van der Waals surface area contributed by atoms with E-state index in [1.165, 1.54) is 11.3 Å². The molecular weight excluding hydrogens is 316 g/mol. The number of ether oxygens (including phenoxy) is 1. The molecule has 0 aromatic heterocycles. The van der Waals surface area contributed by atoms with Crippen molar-refractivity contribution in [3.05, 3.63) is 28.2 Å². The summed E-state index contributed by atoms with van der Waals surface area (Å²) in [4.78, 5) is 2.49. The van der Waals surface area contributed by atoms with Gasteiger partial charge in [0.2, 0.25) is 0 Å². The third-order valence-corrected chi connectivity index (χ3v) is 4.58. The average Bonchev–Trinajstić information content (AvgIpc) is 2.47. The van der Waals surface area contributed by atoms with Crippen molar-refractivity contribution in [1.29, 1.82) is 0 Å². The van der Waals surface area contributed by atoms with Crippen molar-refractivity contribution in [2.24, 2.45) is 0 Å². The second-order valence-electron chi connectivity index (χ2n) is 5.40. The third kappa shape index (κ3) is 3.74. The van der Waals surface area contributed by atoms with Crippen molar-refractivity contribution in [3.8, 4) is 0 Å². The Morgan fingerprint density at radius 1 is 1.40 bits per heavy atom. The highest BCUT2D eigenvalue weighted by Crippen LogP contribution is 2.31. The lowest BCUT2D eigenvalue weighted by atomic mass is 10.0. The minimum Gasteiger partial charge on any atom is -0.381 e. The van der Waals surface area contributed by atoms with E-state index in [-0.39, 0.29) is 0 Å². The summed E-state index contributed by atoms with van der Waals surface area (Å²) >= 11 is 3.59. The van der Waals surface area contributed by atoms with Crippen molar-refractivity contribution in [2.75, 3.05) is 31.6 Å². The number of hydrogen-bond acceptors (Lipinski definition) is 3. The predicted molar refractivity (Wildman–Crippen MR) is 88.5 cm³/mol. The number of methoxy groups -OCH3 is 1. The molecule has 0 radical (unpaired) electrons. The molecule has 0 bridgehead atoms. The number of hydrogen-bond donors (Lipinski definition) is 1. The van der Waals surface area contributed by atoms with Crippen LogP contribution in [-0.4, -0.2) is 32.8 Å². The fourth-order valence-corrected chi connectivity index (χ4v) is 3.29. The number of piperidine rings is 1. The molecule has 1 N–H and O–H groups in total. The molecule has 4 heteroatoms. The van der Waals surface area contributed by atoms with Gasteiger partial charge in [-0.05, 0) is 50.1 Å². The summed E-state index contributed by atoms with van der Waals surface area (Å²) in [5, 5.41) is 3.52. The number of rotatable bonds is 5. The second kappa shape index (κ2) is 7.43. The summed E-state index contributed by atoms with van der Waals surface area (Å²) in [5.74, 6) is 0. The highest BCUT2D eigenvalue weighted by Gasteiger charge is 2.22. The molecular formula is C16H25BrN2O. The molecule has 1 unspecified atom stereocenters. The maximum Gasteiger partial charge on any atom is 0.0605 e. The molecule has 1 heterocycles. The topological polar surface area (TPSA) is 24.5 Å². The summed E-state index contributed by atoms with van der Waals surface area (Å²) in [6.45, 7) is 7.52. The fourth-order valence-electron chi connectivity index (χ4n) is 2.91. The largest absolute Gasteiger partial charge is 0.381 e. The Morgan fingerprint density at radius 2 is 2.10 bits per heavy atom. The summed E-state index contributed by atoms with van der Waals surface area (Å²) in [7, 11) is 1.82. The van der Waals surface area contributed by atoms with Gasteiger partial charge in [0, 0.05) is 36.4 Å². The smallest absolute Gasteiger partial charge is 0.0605 e. The van der Waals surface area contributed by atoms with Crippen LogP contribution in [0.5, 0.6) is 0 Å². The summed E-state index contributed by atoms with van der Waals surface area (Å²) in [6, 6.07) is 6.98. The maximum atomic E-state index is 5.46. The van der Waals surface area contributed by atoms with Crippen LogP contribution in [0, 0.1) is 0 Å². The van der Waals surface area contributed by atoms with Crippen LogP contribution in [0.2, 0.25) is 0 Å². The fraction of sp³-hybridized carbons (Fsp3) is 0.625. The lowest BCUT2D eigenvalue weighted by molar-refractivity contribution is 0.0819. The number of nitrogens with zero attached hydrogens (tertiary/aromatic N) is 1. The minimum atomic E-state index is 0.368. The molecule has 0 spiro atoms. The SMILES string of the molecule is CCNC(C)c1cc(Br)ccc1N1CCC(OC)CC1. The monoisotopic (exact) mass is 340 g/mol. The van der Waals surface area contributed by atoms with Gasteiger partial charge in [-0.15, -0.1) is 0 Å². The maximum absolute atomic E-state index is 5.46. The van der Waals surface area contributed by atoms with Crippen LogP contribution in [-0.2, 0) is 4.74 Å². The van der Waals surface area contributed by atoms with Gasteiger partial charge in [0.15, 0.2) is 0 Å². The van der Waals surface area contributed by atoms with Gasteiger partial charge in [-0.25, -0.2) is 0 Å². The van der Waals surface area contributed by atoms with Gasteiger partial charge in [0.1, 0.15) is 0 Å². The quantitative estimate of drug-likeness (QED) is 0.883. The molecule has 1 fully saturated rings. The third-order valence-electron chi connectivity index (χ3n) is 4.08. The van der Waals surface area contributed by atoms with Crippen LogP contribution in [0.25, 0.3) is 0 Å². The Morgan fingerprint density at radius 3 is 2.70 bits per heavy atom. The lowest BCUT2D eigenvalue weighted by Gasteiger charge is -2.35. The van der Waals surface area contributed by atoms with E-state index in [0.717, 1.165) is 36.9 Å². The number of benzene rings is 1. The van der Waals surface area contributed by atoms with Crippen LogP contribution in [0.1, 0.15) is 38.3 Å². The molecule has 0 amide bonds. The Bertz CT molecular complexity index is 430. The first-order valence-electron chi connectivity index (χ1n) is 7.46. The van der Waals surface area contributed by atoms with Gasteiger partial charge in [-0.2, -0.15) is 0 Å². The molecule has 1 atom stereocenters. The van der Waals surface area contributed by atoms with Crippen molar-refractivity contribution >= 4 is 21.6 Å². The molecule has 1 aliphatic rings. The first kappa shape index (κ1) is 15.8. The molecule has 1 aromatic carbocycles. The van der Waals surface area contributed by atoms with Crippen LogP contribution in [0.15, 0.2) is 22.7 Å². The Hall–Kier alpha value is -0.580. The molecule has 2 rings (SSSR count). The standard InChI is InChI=1S/C16H25BrN2O/c1-4-18-12(2)15-11-13(17)5-6-16(15)19-9-7-14(20-3)8-10-19/h5-6,11-12,14,18H,4,7-10H2,1-3H3. The zero-order valence-electron chi connectivity index (χ0n) is 12.7. The van der Waals surface area contributed by atoms with E-state index >= 15 is 0 Å². The van der Waals surface area contributed by atoms with E-state index in [9.17, 15) is 0 Å². The summed E-state index contributed by atoms with van der Waals surface area (Å²) in [5.41, 5.74) is 2.73. The first-order chi connectivity index (χ1) is 9.65. The van der Waals surface area contributed by atoms with E-state index in [4.69, 9.17) is 4.74 Å². The van der Waals surface area contributed by atoms with Gasteiger partial charge in [0.05, 0.1) is 6.10 Å². The number of anilines is 1. The average molecular weight is 341 g/mol. The van der Waals surface area contributed by atoms with Gasteiger partial charge < -0.3 is 15.0 Å². The molecule has 20 heavy (non-hydrogen) atoms. The molecule has 0 aliphatic carbocycles. The minimum absolute atomic E-state index is 0.368. The Labute approximate surface area is 130 Å². The highest BCUT2D eigenvalue weighted by atomic mass is 79.9. The lowest BCUT2D eigenvalue weighted by Crippen LogP contribution is -2.37. The van der Waals surface area contributed by atoms with Gasteiger partial charge in [-0.3, -0.25) is 0 Å². The number of nitrogens with one attached hydrogen (secondary N) is 1. The van der Waals surface area contributed by atoms with Crippen molar-refractivity contribution in [3.63, 3.8) is 0 Å².